The number of nitrogens with one attached hydrogen (secondary N) is 5. The number of pyridine rings is 1. The quantitative estimate of drug-likeness (QED) is 0.0690. The summed E-state index contributed by atoms with van der Waals surface area (Å²) in [6, 6.07) is -5.39. The number of amides is 7. The topological polar surface area (TPSA) is 293 Å². The van der Waals surface area contributed by atoms with Crippen LogP contribution in [-0.4, -0.2) is 117 Å². The number of nitrogens with two attached hydrogens (primary N) is 1. The van der Waals surface area contributed by atoms with E-state index in [0.717, 1.165) is 49.3 Å². The van der Waals surface area contributed by atoms with Crippen LogP contribution in [0.25, 0.3) is 0 Å². The van der Waals surface area contributed by atoms with Crippen LogP contribution in [0.3, 0.4) is 0 Å². The van der Waals surface area contributed by atoms with Gasteiger partial charge in [0.25, 0.3) is 11.8 Å². The van der Waals surface area contributed by atoms with Crippen LogP contribution in [0, 0.1) is 11.3 Å². The zero-order valence-electron chi connectivity index (χ0n) is 34.4. The van der Waals surface area contributed by atoms with Gasteiger partial charge in [-0.25, -0.2) is 4.79 Å². The fourth-order valence-electron chi connectivity index (χ4n) is 7.09. The minimum Gasteiger partial charge on any atom is -0.478 e. The standard InChI is InChI=1S/C40H58N8O11/c1-6-7-11-17-43-37(56)29(50)15-14-27(45-34(53)25-16-18-42-20-26(25)39(58)59)35(54)47-31(40(3,4)5)38(57)48-21-24(49)19-28(48)36(55)44-22(2)33(52)46-30(32(41)51)23-12-9-8-10-13-23/h16,18,20,22-23,27-28,30-31H,6-15,17,19,21H2,1-5H3,(H2,41,51)(H,43,56)(H,44,55)(H,45,53)(H,46,52)(H,47,54)(H,58,59)/t22-,27-,28-,30-,31+/m0/s1. The highest BCUT2D eigenvalue weighted by atomic mass is 16.4. The van der Waals surface area contributed by atoms with Crippen molar-refractivity contribution in [3.8, 4) is 0 Å². The number of carboxylic acid groups (broad SMARTS) is 1. The summed E-state index contributed by atoms with van der Waals surface area (Å²) in [5, 5.41) is 22.3. The van der Waals surface area contributed by atoms with Crippen molar-refractivity contribution in [3.05, 3.63) is 29.6 Å². The molecule has 19 nitrogen and oxygen atoms in total. The van der Waals surface area contributed by atoms with Gasteiger partial charge in [0, 0.05) is 31.8 Å². The molecule has 1 saturated carbocycles. The van der Waals surface area contributed by atoms with Gasteiger partial charge in [0.2, 0.25) is 35.3 Å². The zero-order chi connectivity index (χ0) is 44.0. The number of aromatic carboxylic acids is 1. The van der Waals surface area contributed by atoms with Crippen LogP contribution in [-0.2, 0) is 38.4 Å². The van der Waals surface area contributed by atoms with Crippen LogP contribution in [0.5, 0.6) is 0 Å². The number of unbranched alkanes of at least 4 members (excludes halogenated alkanes) is 2. The number of nitrogens with zero attached hydrogens (tertiary/aromatic N) is 2. The molecule has 324 valence electrons. The first-order valence-corrected chi connectivity index (χ1v) is 20.1. The van der Waals surface area contributed by atoms with E-state index in [-0.39, 0.29) is 24.4 Å². The Labute approximate surface area is 343 Å². The summed E-state index contributed by atoms with van der Waals surface area (Å²) in [4.78, 5) is 135. The summed E-state index contributed by atoms with van der Waals surface area (Å²) in [5.74, 6) is -8.89. The molecule has 1 saturated heterocycles. The fraction of sp³-hybridized carbons (Fsp3) is 0.625. The van der Waals surface area contributed by atoms with Gasteiger partial charge < -0.3 is 42.3 Å². The molecule has 2 aliphatic rings. The second-order valence-electron chi connectivity index (χ2n) is 16.2. The van der Waals surface area contributed by atoms with Gasteiger partial charge in [-0.2, -0.15) is 0 Å². The Morgan fingerprint density at radius 2 is 1.61 bits per heavy atom. The number of ketones is 2. The second kappa shape index (κ2) is 21.9. The Morgan fingerprint density at radius 1 is 0.932 bits per heavy atom. The number of rotatable bonds is 20. The molecule has 0 bridgehead atoms. The molecule has 3 rings (SSSR count). The van der Waals surface area contributed by atoms with Crippen LogP contribution in [0.15, 0.2) is 18.5 Å². The maximum atomic E-state index is 14.3. The Kier molecular flexibility index (Phi) is 17.6. The molecule has 5 atom stereocenters. The molecule has 0 aromatic carbocycles. The minimum absolute atomic E-state index is 0.149. The molecule has 1 aliphatic carbocycles. The number of carboxylic acids is 1. The van der Waals surface area contributed by atoms with Gasteiger partial charge in [0.15, 0.2) is 5.78 Å². The molecule has 8 N–H and O–H groups in total. The Balaban J connectivity index is 1.81. The summed E-state index contributed by atoms with van der Waals surface area (Å²) in [5.41, 5.74) is 3.70. The maximum absolute atomic E-state index is 14.3. The van der Waals surface area contributed by atoms with Gasteiger partial charge in [-0.05, 0) is 50.0 Å². The van der Waals surface area contributed by atoms with Crippen molar-refractivity contribution in [2.45, 2.75) is 135 Å². The largest absolute Gasteiger partial charge is 0.478 e. The van der Waals surface area contributed by atoms with Crippen molar-refractivity contribution in [3.63, 3.8) is 0 Å². The number of aromatic nitrogens is 1. The summed E-state index contributed by atoms with van der Waals surface area (Å²) in [6.45, 7) is 7.93. The second-order valence-corrected chi connectivity index (χ2v) is 16.2. The third-order valence-corrected chi connectivity index (χ3v) is 10.5. The Hall–Kier alpha value is -5.75. The first-order chi connectivity index (χ1) is 27.8. The van der Waals surface area contributed by atoms with Crippen LogP contribution < -0.4 is 32.3 Å². The molecular weight excluding hydrogens is 768 g/mol. The van der Waals surface area contributed by atoms with E-state index in [4.69, 9.17) is 5.73 Å². The van der Waals surface area contributed by atoms with Crippen molar-refractivity contribution < 1.29 is 53.1 Å². The molecule has 1 aromatic heterocycles. The molecular formula is C40H58N8O11. The van der Waals surface area contributed by atoms with Crippen molar-refractivity contribution in [2.24, 2.45) is 17.1 Å². The number of carbonyl (C=O) groups is 10. The van der Waals surface area contributed by atoms with Crippen LogP contribution in [0.1, 0.15) is 126 Å². The van der Waals surface area contributed by atoms with Gasteiger partial charge in [0.05, 0.1) is 17.7 Å². The normalized spacial score (nSPS) is 17.7. The number of hydrogen-bond donors (Lipinski definition) is 7. The first-order valence-electron chi connectivity index (χ1n) is 20.1. The number of primary amides is 1. The van der Waals surface area contributed by atoms with Gasteiger partial charge in [-0.1, -0.05) is 59.8 Å². The highest BCUT2D eigenvalue weighted by Crippen LogP contribution is 2.27. The minimum atomic E-state index is -1.58. The van der Waals surface area contributed by atoms with E-state index in [1.54, 1.807) is 20.8 Å². The zero-order valence-corrected chi connectivity index (χ0v) is 34.4. The summed E-state index contributed by atoms with van der Waals surface area (Å²) in [6.07, 6.45) is 7.35. The molecule has 59 heavy (non-hydrogen) atoms. The molecule has 0 spiro atoms. The van der Waals surface area contributed by atoms with Crippen LogP contribution in [0.2, 0.25) is 0 Å². The van der Waals surface area contributed by atoms with E-state index < -0.39 is 119 Å². The lowest BCUT2D eigenvalue weighted by atomic mass is 9.83. The Bertz CT molecular complexity index is 1770. The van der Waals surface area contributed by atoms with Gasteiger partial charge in [-0.3, -0.25) is 48.1 Å². The average Bonchev–Trinajstić information content (AvgIpc) is 3.59. The highest BCUT2D eigenvalue weighted by molar-refractivity contribution is 6.36. The van der Waals surface area contributed by atoms with Crippen molar-refractivity contribution >= 4 is 58.9 Å². The summed E-state index contributed by atoms with van der Waals surface area (Å²) < 4.78 is 0. The molecule has 2 heterocycles. The lowest BCUT2D eigenvalue weighted by molar-refractivity contribution is -0.144. The van der Waals surface area contributed by atoms with E-state index in [0.29, 0.717) is 19.3 Å². The van der Waals surface area contributed by atoms with E-state index in [1.165, 1.54) is 13.1 Å². The van der Waals surface area contributed by atoms with E-state index in [2.05, 4.69) is 31.6 Å². The predicted octanol–water partition coefficient (Wildman–Crippen LogP) is 0.290. The lowest BCUT2D eigenvalue weighted by Crippen LogP contribution is -2.61. The summed E-state index contributed by atoms with van der Waals surface area (Å²) in [7, 11) is 0. The van der Waals surface area contributed by atoms with Gasteiger partial charge >= 0.3 is 5.97 Å². The maximum Gasteiger partial charge on any atom is 0.338 e. The third-order valence-electron chi connectivity index (χ3n) is 10.5. The molecule has 0 radical (unpaired) electrons. The average molecular weight is 827 g/mol. The SMILES string of the molecule is CCCCCNC(=O)C(=O)CC[C@H](NC(=O)c1ccncc1C(=O)O)C(=O)N[C@H](C(=O)N1CC(=O)C[C@H]1C(=O)N[C@@H](C)C(=O)N[C@H](C(N)=O)C1CCCCC1)C(C)(C)C. The molecule has 1 aliphatic heterocycles. The third kappa shape index (κ3) is 13.7. The highest BCUT2D eigenvalue weighted by Gasteiger charge is 2.45. The smallest absolute Gasteiger partial charge is 0.338 e. The lowest BCUT2D eigenvalue weighted by Gasteiger charge is -2.36. The van der Waals surface area contributed by atoms with Crippen molar-refractivity contribution in [1.29, 1.82) is 0 Å². The number of likely N-dealkylation sites (tertiary alicyclic amines) is 1. The van der Waals surface area contributed by atoms with Gasteiger partial charge in [-0.15, -0.1) is 0 Å². The Morgan fingerprint density at radius 3 is 2.22 bits per heavy atom. The van der Waals surface area contributed by atoms with Gasteiger partial charge in [0.1, 0.15) is 30.2 Å². The predicted molar refractivity (Wildman–Crippen MR) is 211 cm³/mol. The van der Waals surface area contributed by atoms with Crippen molar-refractivity contribution in [1.82, 2.24) is 36.5 Å². The van der Waals surface area contributed by atoms with Crippen molar-refractivity contribution in [2.75, 3.05) is 13.1 Å². The van der Waals surface area contributed by atoms with E-state index in [1.807, 2.05) is 6.92 Å². The first kappa shape index (κ1) is 47.6. The molecule has 7 amide bonds. The monoisotopic (exact) mass is 826 g/mol. The van der Waals surface area contributed by atoms with E-state index in [9.17, 15) is 53.1 Å². The van der Waals surface area contributed by atoms with Crippen LogP contribution in [0.4, 0.5) is 0 Å². The van der Waals surface area contributed by atoms with E-state index >= 15 is 0 Å². The molecule has 2 fully saturated rings. The molecule has 0 unspecified atom stereocenters. The van der Waals surface area contributed by atoms with Crippen LogP contribution >= 0.6 is 0 Å². The molecule has 1 aromatic rings. The number of carbonyl (C=O) groups excluding carboxylic acids is 9. The number of hydrogen-bond acceptors (Lipinski definition) is 11. The molecule has 19 heteroatoms. The fourth-order valence-corrected chi connectivity index (χ4v) is 7.09. The summed E-state index contributed by atoms with van der Waals surface area (Å²) >= 11 is 0. The number of Topliss-reactive ketones (excluding diaryl/α,β-unsaturated/α-hetero) is 2.